The molecule has 1 aliphatic carbocycles. The molecular formula is C17H27NO. The Bertz CT molecular complexity index is 341. The summed E-state index contributed by atoms with van der Waals surface area (Å²) in [4.78, 5) is 0. The summed E-state index contributed by atoms with van der Waals surface area (Å²) in [6, 6.07) is 9.24. The first-order valence-corrected chi connectivity index (χ1v) is 7.80. The number of aliphatic hydroxyl groups is 1. The quantitative estimate of drug-likeness (QED) is 0.738. The van der Waals surface area contributed by atoms with Crippen molar-refractivity contribution in [3.05, 3.63) is 35.4 Å². The molecule has 1 fully saturated rings. The van der Waals surface area contributed by atoms with Crippen molar-refractivity contribution in [1.82, 2.24) is 5.32 Å². The van der Waals surface area contributed by atoms with Crippen LogP contribution in [-0.4, -0.2) is 24.8 Å². The fraction of sp³-hybridized carbons (Fsp3) is 0.647. The average Bonchev–Trinajstić information content (AvgIpc) is 2.49. The molecule has 0 aromatic heterocycles. The Hall–Kier alpha value is -0.860. The SMILES string of the molecule is OCCCNCCc1ccc(C2CCCCC2)cc1. The molecule has 1 aromatic carbocycles. The third-order valence-corrected chi connectivity index (χ3v) is 4.16. The van der Waals surface area contributed by atoms with Crippen molar-refractivity contribution in [3.63, 3.8) is 0 Å². The van der Waals surface area contributed by atoms with E-state index in [1.54, 1.807) is 0 Å². The first-order chi connectivity index (χ1) is 9.40. The van der Waals surface area contributed by atoms with Gasteiger partial charge in [0.25, 0.3) is 0 Å². The molecule has 0 amide bonds. The highest BCUT2D eigenvalue weighted by molar-refractivity contribution is 5.25. The predicted molar refractivity (Wildman–Crippen MR) is 80.5 cm³/mol. The zero-order chi connectivity index (χ0) is 13.3. The third kappa shape index (κ3) is 4.96. The second-order valence-electron chi connectivity index (χ2n) is 5.65. The van der Waals surface area contributed by atoms with Gasteiger partial charge in [0.15, 0.2) is 0 Å². The largest absolute Gasteiger partial charge is 0.396 e. The van der Waals surface area contributed by atoms with Crippen LogP contribution in [0.15, 0.2) is 24.3 Å². The van der Waals surface area contributed by atoms with Gasteiger partial charge in [-0.3, -0.25) is 0 Å². The van der Waals surface area contributed by atoms with Crippen molar-refractivity contribution in [2.45, 2.75) is 50.9 Å². The summed E-state index contributed by atoms with van der Waals surface area (Å²) in [6.45, 7) is 2.20. The van der Waals surface area contributed by atoms with E-state index in [-0.39, 0.29) is 6.61 Å². The van der Waals surface area contributed by atoms with E-state index in [4.69, 9.17) is 5.11 Å². The highest BCUT2D eigenvalue weighted by Gasteiger charge is 2.14. The van der Waals surface area contributed by atoms with Crippen molar-refractivity contribution in [2.75, 3.05) is 19.7 Å². The number of rotatable bonds is 7. The highest BCUT2D eigenvalue weighted by Crippen LogP contribution is 2.32. The van der Waals surface area contributed by atoms with Crippen LogP contribution in [0.2, 0.25) is 0 Å². The minimum atomic E-state index is 0.281. The van der Waals surface area contributed by atoms with Crippen molar-refractivity contribution in [1.29, 1.82) is 0 Å². The average molecular weight is 261 g/mol. The molecule has 0 heterocycles. The van der Waals surface area contributed by atoms with E-state index >= 15 is 0 Å². The molecule has 0 spiro atoms. The second kappa shape index (κ2) is 8.34. The van der Waals surface area contributed by atoms with Crippen LogP contribution in [0.25, 0.3) is 0 Å². The lowest BCUT2D eigenvalue weighted by Crippen LogP contribution is -2.19. The number of aliphatic hydroxyl groups excluding tert-OH is 1. The molecule has 0 aliphatic heterocycles. The maximum Gasteiger partial charge on any atom is 0.0443 e. The van der Waals surface area contributed by atoms with Gasteiger partial charge in [-0.15, -0.1) is 0 Å². The smallest absolute Gasteiger partial charge is 0.0443 e. The van der Waals surface area contributed by atoms with Crippen molar-refractivity contribution in [2.24, 2.45) is 0 Å². The Labute approximate surface area is 117 Å². The number of benzene rings is 1. The first kappa shape index (κ1) is 14.5. The van der Waals surface area contributed by atoms with Gasteiger partial charge in [-0.2, -0.15) is 0 Å². The van der Waals surface area contributed by atoms with Crippen LogP contribution in [0.5, 0.6) is 0 Å². The van der Waals surface area contributed by atoms with E-state index < -0.39 is 0 Å². The number of hydrogen-bond donors (Lipinski definition) is 2. The van der Waals surface area contributed by atoms with Crippen LogP contribution >= 0.6 is 0 Å². The van der Waals surface area contributed by atoms with Crippen LogP contribution in [-0.2, 0) is 6.42 Å². The molecule has 2 rings (SSSR count). The van der Waals surface area contributed by atoms with Gasteiger partial charge < -0.3 is 10.4 Å². The second-order valence-corrected chi connectivity index (χ2v) is 5.65. The van der Waals surface area contributed by atoms with Gasteiger partial charge in [-0.05, 0) is 55.8 Å². The van der Waals surface area contributed by atoms with Crippen LogP contribution in [0.1, 0.15) is 55.6 Å². The molecule has 1 saturated carbocycles. The number of hydrogen-bond acceptors (Lipinski definition) is 2. The standard InChI is InChI=1S/C17H27NO/c19-14-4-12-18-13-11-15-7-9-17(10-8-15)16-5-2-1-3-6-16/h7-10,16,18-19H,1-6,11-14H2. The van der Waals surface area contributed by atoms with Crippen LogP contribution in [0.3, 0.4) is 0 Å². The fourth-order valence-electron chi connectivity index (χ4n) is 2.95. The molecule has 0 unspecified atom stereocenters. The summed E-state index contributed by atoms with van der Waals surface area (Å²) in [5.74, 6) is 0.811. The summed E-state index contributed by atoms with van der Waals surface area (Å²) in [5.41, 5.74) is 2.95. The monoisotopic (exact) mass is 261 g/mol. The Morgan fingerprint density at radius 1 is 1.00 bits per heavy atom. The molecule has 0 radical (unpaired) electrons. The maximum atomic E-state index is 8.70. The fourth-order valence-corrected chi connectivity index (χ4v) is 2.95. The van der Waals surface area contributed by atoms with Gasteiger partial charge in [0.1, 0.15) is 0 Å². The van der Waals surface area contributed by atoms with Gasteiger partial charge >= 0.3 is 0 Å². The molecule has 2 nitrogen and oxygen atoms in total. The minimum absolute atomic E-state index is 0.281. The van der Waals surface area contributed by atoms with Crippen LogP contribution in [0, 0.1) is 0 Å². The zero-order valence-electron chi connectivity index (χ0n) is 11.9. The molecule has 106 valence electrons. The van der Waals surface area contributed by atoms with Gasteiger partial charge in [0.05, 0.1) is 0 Å². The van der Waals surface area contributed by atoms with E-state index in [2.05, 4.69) is 29.6 Å². The van der Waals surface area contributed by atoms with Crippen molar-refractivity contribution in [3.8, 4) is 0 Å². The van der Waals surface area contributed by atoms with Crippen LogP contribution in [0.4, 0.5) is 0 Å². The van der Waals surface area contributed by atoms with Crippen molar-refractivity contribution < 1.29 is 5.11 Å². The third-order valence-electron chi connectivity index (χ3n) is 4.16. The molecule has 0 bridgehead atoms. The normalized spacial score (nSPS) is 16.7. The Balaban J connectivity index is 1.74. The zero-order valence-corrected chi connectivity index (χ0v) is 11.9. The molecule has 2 heteroatoms. The molecule has 2 N–H and O–H groups in total. The summed E-state index contributed by atoms with van der Waals surface area (Å²) >= 11 is 0. The molecule has 0 atom stereocenters. The van der Waals surface area contributed by atoms with Gasteiger partial charge in [0.2, 0.25) is 0 Å². The van der Waals surface area contributed by atoms with Gasteiger partial charge in [0, 0.05) is 6.61 Å². The van der Waals surface area contributed by atoms with E-state index in [0.717, 1.165) is 31.8 Å². The lowest BCUT2D eigenvalue weighted by molar-refractivity contribution is 0.286. The molecular weight excluding hydrogens is 234 g/mol. The van der Waals surface area contributed by atoms with E-state index in [9.17, 15) is 0 Å². The summed E-state index contributed by atoms with van der Waals surface area (Å²) in [7, 11) is 0. The minimum Gasteiger partial charge on any atom is -0.396 e. The highest BCUT2D eigenvalue weighted by atomic mass is 16.3. The summed E-state index contributed by atoms with van der Waals surface area (Å²) < 4.78 is 0. The molecule has 1 aliphatic rings. The Morgan fingerprint density at radius 2 is 1.74 bits per heavy atom. The van der Waals surface area contributed by atoms with Gasteiger partial charge in [-0.1, -0.05) is 43.5 Å². The topological polar surface area (TPSA) is 32.3 Å². The summed E-state index contributed by atoms with van der Waals surface area (Å²) in [5, 5.41) is 12.0. The van der Waals surface area contributed by atoms with Crippen molar-refractivity contribution >= 4 is 0 Å². The predicted octanol–water partition coefficient (Wildman–Crippen LogP) is 3.25. The summed E-state index contributed by atoms with van der Waals surface area (Å²) in [6.07, 6.45) is 8.91. The van der Waals surface area contributed by atoms with Gasteiger partial charge in [-0.25, -0.2) is 0 Å². The van der Waals surface area contributed by atoms with Crippen LogP contribution < -0.4 is 5.32 Å². The first-order valence-electron chi connectivity index (χ1n) is 7.80. The Kier molecular flexibility index (Phi) is 6.38. The van der Waals surface area contributed by atoms with E-state index in [0.29, 0.717) is 0 Å². The lowest BCUT2D eigenvalue weighted by atomic mass is 9.84. The number of nitrogens with one attached hydrogen (secondary N) is 1. The molecule has 1 aromatic rings. The molecule has 19 heavy (non-hydrogen) atoms. The van der Waals surface area contributed by atoms with E-state index in [1.165, 1.54) is 43.2 Å². The molecule has 0 saturated heterocycles. The Morgan fingerprint density at radius 3 is 2.42 bits per heavy atom. The van der Waals surface area contributed by atoms with E-state index in [1.807, 2.05) is 0 Å². The lowest BCUT2D eigenvalue weighted by Gasteiger charge is -2.22. The maximum absolute atomic E-state index is 8.70.